The normalized spacial score (nSPS) is 15.5. The molecule has 124 valence electrons. The number of benzene rings is 2. The largest absolute Gasteiger partial charge is 0.372 e. The minimum Gasteiger partial charge on any atom is -0.372 e. The zero-order chi connectivity index (χ0) is 16.9. The van der Waals surface area contributed by atoms with Crippen molar-refractivity contribution in [1.82, 2.24) is 0 Å². The highest BCUT2D eigenvalue weighted by Gasteiger charge is 2.11. The van der Waals surface area contributed by atoms with Gasteiger partial charge in [-0.15, -0.1) is 0 Å². The van der Waals surface area contributed by atoms with E-state index in [9.17, 15) is 0 Å². The topological polar surface area (TPSA) is 9.23 Å². The fourth-order valence-electron chi connectivity index (χ4n) is 3.48. The molecule has 1 heteroatoms. The van der Waals surface area contributed by atoms with Crippen molar-refractivity contribution in [3.05, 3.63) is 107 Å². The van der Waals surface area contributed by atoms with Crippen LogP contribution in [-0.4, -0.2) is 0 Å². The zero-order valence-corrected chi connectivity index (χ0v) is 14.3. The second-order valence-corrected chi connectivity index (χ2v) is 6.46. The Hall–Kier alpha value is -2.64. The summed E-state index contributed by atoms with van der Waals surface area (Å²) in [5, 5.41) is 0. The maximum absolute atomic E-state index is 6.11. The number of hydrogen-bond donors (Lipinski definition) is 0. The summed E-state index contributed by atoms with van der Waals surface area (Å²) >= 11 is 0. The number of rotatable bonds is 6. The smallest absolute Gasteiger partial charge is 0.0727 e. The molecule has 25 heavy (non-hydrogen) atoms. The van der Waals surface area contributed by atoms with E-state index in [1.807, 2.05) is 0 Å². The van der Waals surface area contributed by atoms with Crippen molar-refractivity contribution < 1.29 is 4.74 Å². The van der Waals surface area contributed by atoms with Gasteiger partial charge in [0.05, 0.1) is 13.2 Å². The maximum Gasteiger partial charge on any atom is 0.0727 e. The van der Waals surface area contributed by atoms with Gasteiger partial charge >= 0.3 is 0 Å². The first-order chi connectivity index (χ1) is 12.4. The molecular weight excluding hydrogens is 304 g/mol. The van der Waals surface area contributed by atoms with Crippen molar-refractivity contribution in [2.75, 3.05) is 0 Å². The van der Waals surface area contributed by atoms with E-state index >= 15 is 0 Å². The van der Waals surface area contributed by atoms with Crippen LogP contribution in [0.1, 0.15) is 35.1 Å². The van der Waals surface area contributed by atoms with Crippen LogP contribution in [0.25, 0.3) is 11.1 Å². The Bertz CT molecular complexity index is 807. The summed E-state index contributed by atoms with van der Waals surface area (Å²) in [6, 6.07) is 17.1. The fourth-order valence-corrected chi connectivity index (χ4v) is 3.48. The highest BCUT2D eigenvalue weighted by Crippen LogP contribution is 2.28. The molecule has 0 aromatic heterocycles. The van der Waals surface area contributed by atoms with Crippen LogP contribution in [0.15, 0.2) is 85.0 Å². The second-order valence-electron chi connectivity index (χ2n) is 6.46. The van der Waals surface area contributed by atoms with Gasteiger partial charge in [-0.2, -0.15) is 0 Å². The third-order valence-electron chi connectivity index (χ3n) is 4.78. The molecule has 2 aliphatic carbocycles. The van der Waals surface area contributed by atoms with Crippen molar-refractivity contribution in [2.24, 2.45) is 0 Å². The molecule has 0 bridgehead atoms. The van der Waals surface area contributed by atoms with E-state index in [4.69, 9.17) is 4.74 Å². The highest BCUT2D eigenvalue weighted by atomic mass is 16.5. The van der Waals surface area contributed by atoms with Gasteiger partial charge in [0.15, 0.2) is 0 Å². The molecule has 0 radical (unpaired) electrons. The predicted octanol–water partition coefficient (Wildman–Crippen LogP) is 6.09. The molecule has 0 saturated carbocycles. The van der Waals surface area contributed by atoms with Gasteiger partial charge in [-0.25, -0.2) is 0 Å². The third kappa shape index (κ3) is 3.57. The molecule has 0 amide bonds. The second kappa shape index (κ2) is 7.50. The molecule has 0 unspecified atom stereocenters. The van der Waals surface area contributed by atoms with E-state index in [1.165, 1.54) is 33.4 Å². The van der Waals surface area contributed by atoms with Gasteiger partial charge in [-0.05, 0) is 46.2 Å². The average molecular weight is 326 g/mol. The predicted molar refractivity (Wildman–Crippen MR) is 105 cm³/mol. The van der Waals surface area contributed by atoms with Gasteiger partial charge in [-0.1, -0.05) is 85.0 Å². The Morgan fingerprint density at radius 3 is 1.56 bits per heavy atom. The standard InChI is InChI=1S/C24H22O/c1-2-10-19(9-1)23-15-7-5-13-21(23)17-25-18-22-14-6-8-16-24(22)20-11-3-4-12-20/h1-9,11,13-16H,10,12,17-18H2. The summed E-state index contributed by atoms with van der Waals surface area (Å²) in [6.45, 7) is 1.28. The van der Waals surface area contributed by atoms with Crippen LogP contribution < -0.4 is 0 Å². The van der Waals surface area contributed by atoms with Crippen LogP contribution in [0.5, 0.6) is 0 Å². The monoisotopic (exact) mass is 326 g/mol. The first-order valence-electron chi connectivity index (χ1n) is 8.87. The Kier molecular flexibility index (Phi) is 4.76. The van der Waals surface area contributed by atoms with Crippen LogP contribution in [0.2, 0.25) is 0 Å². The van der Waals surface area contributed by atoms with E-state index in [2.05, 4.69) is 85.0 Å². The Labute approximate surface area is 149 Å². The summed E-state index contributed by atoms with van der Waals surface area (Å²) in [5.41, 5.74) is 7.89. The van der Waals surface area contributed by atoms with Gasteiger partial charge < -0.3 is 4.74 Å². The summed E-state index contributed by atoms with van der Waals surface area (Å²) in [6.07, 6.45) is 15.1. The molecule has 0 heterocycles. The molecule has 2 aliphatic rings. The van der Waals surface area contributed by atoms with Gasteiger partial charge in [0.2, 0.25) is 0 Å². The lowest BCUT2D eigenvalue weighted by molar-refractivity contribution is 0.107. The van der Waals surface area contributed by atoms with E-state index in [0.717, 1.165) is 12.8 Å². The van der Waals surface area contributed by atoms with Crippen molar-refractivity contribution in [1.29, 1.82) is 0 Å². The van der Waals surface area contributed by atoms with Gasteiger partial charge in [0.1, 0.15) is 0 Å². The number of allylic oxidation sites excluding steroid dienone is 8. The van der Waals surface area contributed by atoms with E-state index in [1.54, 1.807) is 0 Å². The van der Waals surface area contributed by atoms with E-state index in [0.29, 0.717) is 13.2 Å². The van der Waals surface area contributed by atoms with Gasteiger partial charge in [0.25, 0.3) is 0 Å². The molecule has 0 spiro atoms. The lowest BCUT2D eigenvalue weighted by Crippen LogP contribution is -2.00. The van der Waals surface area contributed by atoms with Crippen LogP contribution in [0, 0.1) is 0 Å². The molecule has 0 fully saturated rings. The quantitative estimate of drug-likeness (QED) is 0.624. The van der Waals surface area contributed by atoms with E-state index in [-0.39, 0.29) is 0 Å². The molecule has 4 rings (SSSR count). The first-order valence-corrected chi connectivity index (χ1v) is 8.87. The molecule has 0 aliphatic heterocycles. The van der Waals surface area contributed by atoms with Crippen LogP contribution in [0.3, 0.4) is 0 Å². The molecule has 0 N–H and O–H groups in total. The summed E-state index contributed by atoms with van der Waals surface area (Å²) < 4.78 is 6.11. The molecular formula is C24H22O. The summed E-state index contributed by atoms with van der Waals surface area (Å²) in [7, 11) is 0. The van der Waals surface area contributed by atoms with Gasteiger partial charge in [0, 0.05) is 0 Å². The molecule has 2 aromatic carbocycles. The molecule has 0 atom stereocenters. The Balaban J connectivity index is 1.46. The maximum atomic E-state index is 6.11. The van der Waals surface area contributed by atoms with Crippen LogP contribution >= 0.6 is 0 Å². The van der Waals surface area contributed by atoms with Crippen molar-refractivity contribution in [2.45, 2.75) is 26.1 Å². The third-order valence-corrected chi connectivity index (χ3v) is 4.78. The molecule has 2 aromatic rings. The molecule has 1 nitrogen and oxygen atoms in total. The lowest BCUT2D eigenvalue weighted by Gasteiger charge is -2.13. The van der Waals surface area contributed by atoms with Crippen molar-refractivity contribution in [3.63, 3.8) is 0 Å². The summed E-state index contributed by atoms with van der Waals surface area (Å²) in [4.78, 5) is 0. The number of ether oxygens (including phenoxy) is 1. The Morgan fingerprint density at radius 2 is 1.12 bits per heavy atom. The van der Waals surface area contributed by atoms with Crippen LogP contribution in [-0.2, 0) is 18.0 Å². The fraction of sp³-hybridized carbons (Fsp3) is 0.167. The minimum absolute atomic E-state index is 0.638. The average Bonchev–Trinajstić information content (AvgIpc) is 3.37. The highest BCUT2D eigenvalue weighted by molar-refractivity contribution is 5.73. The lowest BCUT2D eigenvalue weighted by atomic mass is 9.99. The molecule has 0 saturated heterocycles. The zero-order valence-electron chi connectivity index (χ0n) is 14.3. The van der Waals surface area contributed by atoms with Gasteiger partial charge in [-0.3, -0.25) is 0 Å². The van der Waals surface area contributed by atoms with Crippen molar-refractivity contribution in [3.8, 4) is 0 Å². The Morgan fingerprint density at radius 1 is 0.640 bits per heavy atom. The van der Waals surface area contributed by atoms with E-state index < -0.39 is 0 Å². The number of hydrogen-bond acceptors (Lipinski definition) is 1. The minimum atomic E-state index is 0.638. The SMILES string of the molecule is C1=CCC(c2ccccc2COCc2ccccc2C2=CC=CC2)=C1. The van der Waals surface area contributed by atoms with Crippen LogP contribution in [0.4, 0.5) is 0 Å². The first kappa shape index (κ1) is 15.9. The van der Waals surface area contributed by atoms with Crippen molar-refractivity contribution >= 4 is 11.1 Å². The summed E-state index contributed by atoms with van der Waals surface area (Å²) in [5.74, 6) is 0.